The highest BCUT2D eigenvalue weighted by molar-refractivity contribution is 9.10. The minimum absolute atomic E-state index is 0.138. The van der Waals surface area contributed by atoms with E-state index in [2.05, 4.69) is 21.2 Å². The Balaban J connectivity index is 2.11. The van der Waals surface area contributed by atoms with Crippen molar-refractivity contribution < 1.29 is 8.42 Å². The molecule has 1 atom stereocenters. The van der Waals surface area contributed by atoms with Crippen molar-refractivity contribution in [3.63, 3.8) is 0 Å². The summed E-state index contributed by atoms with van der Waals surface area (Å²) in [7, 11) is -3.04. The molecule has 0 amide bonds. The van der Waals surface area contributed by atoms with Gasteiger partial charge in [-0.1, -0.05) is 28.1 Å². The van der Waals surface area contributed by atoms with Crippen molar-refractivity contribution in [2.45, 2.75) is 23.8 Å². The second-order valence-electron chi connectivity index (χ2n) is 4.41. The average Bonchev–Trinajstić information content (AvgIpc) is 2.29. The second-order valence-corrected chi connectivity index (χ2v) is 7.60. The summed E-state index contributed by atoms with van der Waals surface area (Å²) < 4.78 is 25.3. The van der Waals surface area contributed by atoms with Crippen LogP contribution in [0.3, 0.4) is 0 Å². The molecule has 1 aromatic carbocycles. The summed E-state index contributed by atoms with van der Waals surface area (Å²) in [6, 6.07) is 7.50. The standard InChI is InChI=1S/C12H16BrNO2S/c13-11-4-1-3-10(7-11)9-17(15,16)12-5-2-6-14-8-12/h1,3-4,7,12,14H,2,5-6,8-9H2. The van der Waals surface area contributed by atoms with E-state index in [-0.39, 0.29) is 11.0 Å². The summed E-state index contributed by atoms with van der Waals surface area (Å²) in [5, 5.41) is 2.92. The first kappa shape index (κ1) is 13.1. The molecule has 1 heterocycles. The zero-order chi connectivity index (χ0) is 12.3. The molecular weight excluding hydrogens is 302 g/mol. The maximum absolute atomic E-state index is 12.2. The van der Waals surface area contributed by atoms with Crippen LogP contribution in [0.15, 0.2) is 28.7 Å². The van der Waals surface area contributed by atoms with Gasteiger partial charge in [0.25, 0.3) is 0 Å². The van der Waals surface area contributed by atoms with Gasteiger partial charge in [0.1, 0.15) is 0 Å². The van der Waals surface area contributed by atoms with Gasteiger partial charge >= 0.3 is 0 Å². The zero-order valence-electron chi connectivity index (χ0n) is 9.52. The van der Waals surface area contributed by atoms with E-state index in [1.807, 2.05) is 24.3 Å². The Kier molecular flexibility index (Phi) is 4.22. The molecule has 2 rings (SSSR count). The zero-order valence-corrected chi connectivity index (χ0v) is 11.9. The van der Waals surface area contributed by atoms with Crippen LogP contribution in [-0.4, -0.2) is 26.8 Å². The van der Waals surface area contributed by atoms with Crippen molar-refractivity contribution in [1.82, 2.24) is 5.32 Å². The van der Waals surface area contributed by atoms with Crippen LogP contribution in [0.4, 0.5) is 0 Å². The van der Waals surface area contributed by atoms with Crippen LogP contribution < -0.4 is 5.32 Å². The molecule has 17 heavy (non-hydrogen) atoms. The maximum Gasteiger partial charge on any atom is 0.158 e. The molecule has 0 aromatic heterocycles. The molecule has 0 radical (unpaired) electrons. The molecule has 1 fully saturated rings. The largest absolute Gasteiger partial charge is 0.315 e. The molecule has 1 saturated heterocycles. The Bertz CT molecular complexity index is 481. The fraction of sp³-hybridized carbons (Fsp3) is 0.500. The van der Waals surface area contributed by atoms with E-state index in [9.17, 15) is 8.42 Å². The molecule has 0 bridgehead atoms. The van der Waals surface area contributed by atoms with Crippen molar-refractivity contribution in [2.75, 3.05) is 13.1 Å². The van der Waals surface area contributed by atoms with Gasteiger partial charge in [-0.2, -0.15) is 0 Å². The lowest BCUT2D eigenvalue weighted by Crippen LogP contribution is -2.39. The van der Waals surface area contributed by atoms with Gasteiger partial charge in [-0.25, -0.2) is 8.42 Å². The van der Waals surface area contributed by atoms with Crippen LogP contribution in [0.5, 0.6) is 0 Å². The number of hydrogen-bond acceptors (Lipinski definition) is 3. The quantitative estimate of drug-likeness (QED) is 0.928. The van der Waals surface area contributed by atoms with E-state index >= 15 is 0 Å². The van der Waals surface area contributed by atoms with Gasteiger partial charge in [-0.05, 0) is 37.1 Å². The van der Waals surface area contributed by atoms with Crippen LogP contribution in [-0.2, 0) is 15.6 Å². The van der Waals surface area contributed by atoms with Gasteiger partial charge in [0.2, 0.25) is 0 Å². The second kappa shape index (κ2) is 5.50. The molecule has 0 spiro atoms. The van der Waals surface area contributed by atoms with Gasteiger partial charge < -0.3 is 5.32 Å². The normalized spacial score (nSPS) is 21.4. The van der Waals surface area contributed by atoms with Gasteiger partial charge in [-0.3, -0.25) is 0 Å². The molecule has 0 aliphatic carbocycles. The summed E-state index contributed by atoms with van der Waals surface area (Å²) in [6.07, 6.45) is 1.73. The van der Waals surface area contributed by atoms with Gasteiger partial charge in [0, 0.05) is 11.0 Å². The molecule has 1 aromatic rings. The predicted octanol–water partition coefficient (Wildman–Crippen LogP) is 2.12. The number of benzene rings is 1. The van der Waals surface area contributed by atoms with Crippen LogP contribution in [0, 0.1) is 0 Å². The first-order chi connectivity index (χ1) is 8.08. The van der Waals surface area contributed by atoms with E-state index in [0.29, 0.717) is 6.54 Å². The molecule has 94 valence electrons. The topological polar surface area (TPSA) is 46.2 Å². The van der Waals surface area contributed by atoms with Crippen LogP contribution in [0.2, 0.25) is 0 Å². The van der Waals surface area contributed by atoms with Crippen LogP contribution in [0.1, 0.15) is 18.4 Å². The number of halogens is 1. The highest BCUT2D eigenvalue weighted by Gasteiger charge is 2.27. The number of sulfone groups is 1. The highest BCUT2D eigenvalue weighted by Crippen LogP contribution is 2.19. The third-order valence-corrected chi connectivity index (χ3v) is 5.66. The summed E-state index contributed by atoms with van der Waals surface area (Å²) in [6.45, 7) is 1.53. The Morgan fingerprint density at radius 1 is 1.41 bits per heavy atom. The molecule has 0 saturated carbocycles. The van der Waals surface area contributed by atoms with E-state index in [4.69, 9.17) is 0 Å². The summed E-state index contributed by atoms with van der Waals surface area (Å²) in [5.74, 6) is 0.138. The molecule has 1 aliphatic heterocycles. The molecule has 1 N–H and O–H groups in total. The average molecular weight is 318 g/mol. The number of rotatable bonds is 3. The summed E-state index contributed by atoms with van der Waals surface area (Å²) in [5.41, 5.74) is 0.852. The van der Waals surface area contributed by atoms with Crippen LogP contribution in [0.25, 0.3) is 0 Å². The Labute approximate surface area is 111 Å². The van der Waals surface area contributed by atoms with E-state index < -0.39 is 9.84 Å². The minimum atomic E-state index is -3.04. The smallest absolute Gasteiger partial charge is 0.158 e. The fourth-order valence-electron chi connectivity index (χ4n) is 2.10. The van der Waals surface area contributed by atoms with Crippen LogP contribution >= 0.6 is 15.9 Å². The van der Waals surface area contributed by atoms with Crippen molar-refractivity contribution in [3.8, 4) is 0 Å². The molecule has 3 nitrogen and oxygen atoms in total. The summed E-state index contributed by atoms with van der Waals surface area (Å²) in [4.78, 5) is 0. The van der Waals surface area contributed by atoms with Crippen molar-refractivity contribution in [3.05, 3.63) is 34.3 Å². The third-order valence-electron chi connectivity index (χ3n) is 3.02. The number of hydrogen-bond donors (Lipinski definition) is 1. The molecular formula is C12H16BrNO2S. The van der Waals surface area contributed by atoms with Gasteiger partial charge in [0.15, 0.2) is 9.84 Å². The van der Waals surface area contributed by atoms with Crippen molar-refractivity contribution in [1.29, 1.82) is 0 Å². The van der Waals surface area contributed by atoms with Crippen molar-refractivity contribution >= 4 is 25.8 Å². The van der Waals surface area contributed by atoms with Gasteiger partial charge in [-0.15, -0.1) is 0 Å². The van der Waals surface area contributed by atoms with E-state index in [0.717, 1.165) is 29.4 Å². The SMILES string of the molecule is O=S(=O)(Cc1cccc(Br)c1)C1CCCNC1. The predicted molar refractivity (Wildman–Crippen MR) is 72.7 cm³/mol. The van der Waals surface area contributed by atoms with Gasteiger partial charge in [0.05, 0.1) is 11.0 Å². The molecule has 1 unspecified atom stereocenters. The lowest BCUT2D eigenvalue weighted by molar-refractivity contribution is 0.496. The third kappa shape index (κ3) is 3.53. The fourth-order valence-corrected chi connectivity index (χ4v) is 4.33. The van der Waals surface area contributed by atoms with E-state index in [1.165, 1.54) is 0 Å². The Morgan fingerprint density at radius 3 is 2.88 bits per heavy atom. The number of nitrogens with one attached hydrogen (secondary N) is 1. The first-order valence-corrected chi connectivity index (χ1v) is 8.25. The highest BCUT2D eigenvalue weighted by atomic mass is 79.9. The monoisotopic (exact) mass is 317 g/mol. The lowest BCUT2D eigenvalue weighted by atomic mass is 10.2. The Hall–Kier alpha value is -0.390. The maximum atomic E-state index is 12.2. The summed E-state index contributed by atoms with van der Waals surface area (Å²) >= 11 is 3.36. The lowest BCUT2D eigenvalue weighted by Gasteiger charge is -2.22. The number of piperidine rings is 1. The van der Waals surface area contributed by atoms with Crippen molar-refractivity contribution in [2.24, 2.45) is 0 Å². The first-order valence-electron chi connectivity index (χ1n) is 5.75. The Morgan fingerprint density at radius 2 is 2.24 bits per heavy atom. The minimum Gasteiger partial charge on any atom is -0.315 e. The van der Waals surface area contributed by atoms with E-state index in [1.54, 1.807) is 0 Å². The molecule has 5 heteroatoms. The molecule has 1 aliphatic rings.